The van der Waals surface area contributed by atoms with Gasteiger partial charge >= 0.3 is 0 Å². The van der Waals surface area contributed by atoms with Crippen LogP contribution >= 0.6 is 0 Å². The van der Waals surface area contributed by atoms with E-state index >= 15 is 0 Å². The zero-order chi connectivity index (χ0) is 20.4. The number of carbonyl (C=O) groups is 1. The number of para-hydroxylation sites is 1. The lowest BCUT2D eigenvalue weighted by molar-refractivity contribution is -0.115. The number of amides is 1. The van der Waals surface area contributed by atoms with Crippen molar-refractivity contribution in [3.8, 4) is 11.4 Å². The van der Waals surface area contributed by atoms with E-state index in [1.807, 2.05) is 49.5 Å². The first-order valence-electron chi connectivity index (χ1n) is 9.52. The lowest BCUT2D eigenvalue weighted by Gasteiger charge is -2.10. The second kappa shape index (κ2) is 7.75. The quantitative estimate of drug-likeness (QED) is 0.561. The highest BCUT2D eigenvalue weighted by Crippen LogP contribution is 2.20. The first-order valence-corrected chi connectivity index (χ1v) is 9.52. The van der Waals surface area contributed by atoms with E-state index in [4.69, 9.17) is 0 Å². The minimum Gasteiger partial charge on any atom is -0.310 e. The number of rotatable bonds is 5. The van der Waals surface area contributed by atoms with Crippen LogP contribution in [0, 0.1) is 20.8 Å². The Labute approximate surface area is 169 Å². The molecule has 0 saturated heterocycles. The maximum Gasteiger partial charge on any atom is 0.230 e. The predicted molar refractivity (Wildman–Crippen MR) is 114 cm³/mol. The van der Waals surface area contributed by atoms with E-state index in [-0.39, 0.29) is 12.3 Å². The lowest BCUT2D eigenvalue weighted by atomic mass is 10.1. The molecule has 146 valence electrons. The van der Waals surface area contributed by atoms with E-state index in [0.29, 0.717) is 5.82 Å². The van der Waals surface area contributed by atoms with Gasteiger partial charge in [-0.15, -0.1) is 0 Å². The van der Waals surface area contributed by atoms with Crippen LogP contribution in [-0.4, -0.2) is 25.5 Å². The standard InChI is InChI=1S/C23H23N5O/c1-16-9-17(2)11-21(10-16)28-22(12-18(3)26-28)25-23(29)13-19-14-24-27(15-19)20-7-5-4-6-8-20/h4-12,14-15H,13H2,1-3H3,(H,25,29). The lowest BCUT2D eigenvalue weighted by Crippen LogP contribution is -2.17. The molecule has 1 N–H and O–H groups in total. The van der Waals surface area contributed by atoms with Gasteiger partial charge in [-0.2, -0.15) is 10.2 Å². The third-order valence-electron chi connectivity index (χ3n) is 4.57. The van der Waals surface area contributed by atoms with Crippen LogP contribution in [0.1, 0.15) is 22.4 Å². The van der Waals surface area contributed by atoms with E-state index in [9.17, 15) is 4.79 Å². The van der Waals surface area contributed by atoms with Crippen LogP contribution in [0.25, 0.3) is 11.4 Å². The van der Waals surface area contributed by atoms with Crippen molar-refractivity contribution < 1.29 is 4.79 Å². The first kappa shape index (κ1) is 18.7. The largest absolute Gasteiger partial charge is 0.310 e. The summed E-state index contributed by atoms with van der Waals surface area (Å²) in [4.78, 5) is 12.7. The molecule has 0 bridgehead atoms. The smallest absolute Gasteiger partial charge is 0.230 e. The molecule has 0 spiro atoms. The van der Waals surface area contributed by atoms with E-state index in [1.165, 1.54) is 0 Å². The van der Waals surface area contributed by atoms with Crippen molar-refractivity contribution in [2.75, 3.05) is 5.32 Å². The van der Waals surface area contributed by atoms with E-state index in [1.54, 1.807) is 15.6 Å². The minimum absolute atomic E-state index is 0.108. The number of anilines is 1. The van der Waals surface area contributed by atoms with Crippen molar-refractivity contribution in [1.82, 2.24) is 19.6 Å². The van der Waals surface area contributed by atoms with Crippen molar-refractivity contribution in [3.05, 3.63) is 89.4 Å². The number of aryl methyl sites for hydroxylation is 3. The zero-order valence-corrected chi connectivity index (χ0v) is 16.8. The maximum absolute atomic E-state index is 12.7. The highest BCUT2D eigenvalue weighted by molar-refractivity contribution is 5.91. The van der Waals surface area contributed by atoms with Crippen molar-refractivity contribution >= 4 is 11.7 Å². The minimum atomic E-state index is -0.108. The highest BCUT2D eigenvalue weighted by atomic mass is 16.1. The van der Waals surface area contributed by atoms with Crippen LogP contribution in [0.4, 0.5) is 5.82 Å². The summed E-state index contributed by atoms with van der Waals surface area (Å²) in [5.74, 6) is 0.552. The number of aromatic nitrogens is 4. The van der Waals surface area contributed by atoms with Gasteiger partial charge in [0, 0.05) is 12.3 Å². The number of nitrogens with one attached hydrogen (secondary N) is 1. The topological polar surface area (TPSA) is 64.7 Å². The van der Waals surface area contributed by atoms with Gasteiger partial charge in [-0.05, 0) is 61.7 Å². The Morgan fingerprint density at radius 1 is 0.966 bits per heavy atom. The van der Waals surface area contributed by atoms with E-state index in [2.05, 4.69) is 47.6 Å². The van der Waals surface area contributed by atoms with E-state index in [0.717, 1.165) is 33.8 Å². The van der Waals surface area contributed by atoms with Gasteiger partial charge in [-0.3, -0.25) is 4.79 Å². The number of hydrogen-bond donors (Lipinski definition) is 1. The van der Waals surface area contributed by atoms with Gasteiger partial charge < -0.3 is 5.32 Å². The molecule has 0 aliphatic rings. The molecule has 0 aliphatic carbocycles. The summed E-state index contributed by atoms with van der Waals surface area (Å²) in [6.07, 6.45) is 3.84. The fraction of sp³-hybridized carbons (Fsp3) is 0.174. The summed E-state index contributed by atoms with van der Waals surface area (Å²) in [6, 6.07) is 17.9. The number of carbonyl (C=O) groups excluding carboxylic acids is 1. The monoisotopic (exact) mass is 385 g/mol. The summed E-state index contributed by atoms with van der Waals surface area (Å²) in [7, 11) is 0. The van der Waals surface area contributed by atoms with Crippen molar-refractivity contribution in [2.24, 2.45) is 0 Å². The van der Waals surface area contributed by atoms with Crippen molar-refractivity contribution in [1.29, 1.82) is 0 Å². The molecule has 0 fully saturated rings. The van der Waals surface area contributed by atoms with Crippen LogP contribution < -0.4 is 5.32 Å². The number of hydrogen-bond acceptors (Lipinski definition) is 3. The Morgan fingerprint density at radius 3 is 2.41 bits per heavy atom. The molecule has 0 radical (unpaired) electrons. The average molecular weight is 385 g/mol. The second-order valence-electron chi connectivity index (χ2n) is 7.28. The number of nitrogens with zero attached hydrogens (tertiary/aromatic N) is 4. The van der Waals surface area contributed by atoms with Crippen LogP contribution in [0.3, 0.4) is 0 Å². The Balaban J connectivity index is 1.52. The fourth-order valence-electron chi connectivity index (χ4n) is 3.40. The molecule has 1 amide bonds. The third kappa shape index (κ3) is 4.27. The SMILES string of the molecule is Cc1cc(C)cc(-n2nc(C)cc2NC(=O)Cc2cnn(-c3ccccc3)c2)c1. The highest BCUT2D eigenvalue weighted by Gasteiger charge is 2.13. The summed E-state index contributed by atoms with van der Waals surface area (Å²) in [6.45, 7) is 6.02. The maximum atomic E-state index is 12.7. The molecular weight excluding hydrogens is 362 g/mol. The molecule has 4 aromatic rings. The Bertz CT molecular complexity index is 1140. The van der Waals surface area contributed by atoms with Gasteiger partial charge in [0.1, 0.15) is 5.82 Å². The van der Waals surface area contributed by atoms with E-state index < -0.39 is 0 Å². The van der Waals surface area contributed by atoms with Gasteiger partial charge in [-0.1, -0.05) is 24.3 Å². The van der Waals surface area contributed by atoms with Gasteiger partial charge in [0.15, 0.2) is 0 Å². The average Bonchev–Trinajstić information content (AvgIpc) is 3.28. The molecule has 29 heavy (non-hydrogen) atoms. The summed E-state index contributed by atoms with van der Waals surface area (Å²) in [5, 5.41) is 11.9. The van der Waals surface area contributed by atoms with Crippen molar-refractivity contribution in [2.45, 2.75) is 27.2 Å². The normalized spacial score (nSPS) is 10.9. The molecule has 0 atom stereocenters. The Kier molecular flexibility index (Phi) is 4.99. The Hall–Kier alpha value is -3.67. The fourth-order valence-corrected chi connectivity index (χ4v) is 3.40. The van der Waals surface area contributed by atoms with Crippen LogP contribution in [-0.2, 0) is 11.2 Å². The summed E-state index contributed by atoms with van der Waals surface area (Å²) < 4.78 is 3.55. The molecule has 2 aromatic carbocycles. The van der Waals surface area contributed by atoms with Crippen LogP contribution in [0.2, 0.25) is 0 Å². The third-order valence-corrected chi connectivity index (χ3v) is 4.57. The van der Waals surface area contributed by atoms with Gasteiger partial charge in [-0.25, -0.2) is 9.36 Å². The zero-order valence-electron chi connectivity index (χ0n) is 16.8. The van der Waals surface area contributed by atoms with Crippen molar-refractivity contribution in [3.63, 3.8) is 0 Å². The van der Waals surface area contributed by atoms with Crippen LogP contribution in [0.15, 0.2) is 67.0 Å². The first-order chi connectivity index (χ1) is 14.0. The van der Waals surface area contributed by atoms with Gasteiger partial charge in [0.25, 0.3) is 0 Å². The molecule has 2 heterocycles. The molecule has 0 saturated carbocycles. The molecule has 2 aromatic heterocycles. The summed E-state index contributed by atoms with van der Waals surface area (Å²) in [5.41, 5.74) is 5.89. The molecule has 6 nitrogen and oxygen atoms in total. The number of benzene rings is 2. The molecule has 6 heteroatoms. The van der Waals surface area contributed by atoms with Crippen LogP contribution in [0.5, 0.6) is 0 Å². The summed E-state index contributed by atoms with van der Waals surface area (Å²) >= 11 is 0. The second-order valence-corrected chi connectivity index (χ2v) is 7.28. The molecule has 0 unspecified atom stereocenters. The predicted octanol–water partition coefficient (Wildman–Crippen LogP) is 4.16. The molecular formula is C23H23N5O. The Morgan fingerprint density at radius 2 is 1.69 bits per heavy atom. The molecule has 4 rings (SSSR count). The van der Waals surface area contributed by atoms with Gasteiger partial charge in [0.05, 0.1) is 29.7 Å². The van der Waals surface area contributed by atoms with Gasteiger partial charge in [0.2, 0.25) is 5.91 Å². The molecule has 0 aliphatic heterocycles.